The van der Waals surface area contributed by atoms with Gasteiger partial charge in [-0.05, 0) is 92.6 Å². The van der Waals surface area contributed by atoms with Gasteiger partial charge >= 0.3 is 17.8 Å². The third-order valence-electron chi connectivity index (χ3n) is 8.03. The summed E-state index contributed by atoms with van der Waals surface area (Å²) in [4.78, 5) is 4.79. The predicted molar refractivity (Wildman–Crippen MR) is 189 cm³/mol. The second-order valence-electron chi connectivity index (χ2n) is 13.9. The van der Waals surface area contributed by atoms with Gasteiger partial charge in [-0.15, -0.1) is 56.7 Å². The zero-order valence-corrected chi connectivity index (χ0v) is 31.0. The van der Waals surface area contributed by atoms with Crippen LogP contribution < -0.4 is 0 Å². The molecular weight excluding hydrogens is 727 g/mol. The molecule has 0 fully saturated rings. The fourth-order valence-corrected chi connectivity index (χ4v) is 10.8. The molecule has 0 atom stereocenters. The largest absolute Gasteiger partial charge is 0.385 e. The molecular formula is C35H32F6O2S5. The first-order chi connectivity index (χ1) is 21.9. The van der Waals surface area contributed by atoms with E-state index in [1.54, 1.807) is 58.0 Å². The van der Waals surface area contributed by atoms with Crippen molar-refractivity contribution in [1.29, 1.82) is 0 Å². The van der Waals surface area contributed by atoms with E-state index in [0.29, 0.717) is 34.1 Å². The minimum Gasteiger partial charge on any atom is -0.385 e. The van der Waals surface area contributed by atoms with Gasteiger partial charge in [0.15, 0.2) is 0 Å². The fourth-order valence-electron chi connectivity index (χ4n) is 5.39. The van der Waals surface area contributed by atoms with Gasteiger partial charge in [-0.25, -0.2) is 0 Å². The average Bonchev–Trinajstić information content (AvgIpc) is 3.78. The van der Waals surface area contributed by atoms with Crippen LogP contribution in [0.1, 0.15) is 74.2 Å². The quantitative estimate of drug-likeness (QED) is 0.162. The molecule has 0 unspecified atom stereocenters. The molecule has 48 heavy (non-hydrogen) atoms. The first-order valence-electron chi connectivity index (χ1n) is 14.8. The van der Waals surface area contributed by atoms with Crippen LogP contribution in [0, 0.1) is 0 Å². The van der Waals surface area contributed by atoms with Crippen LogP contribution >= 0.6 is 56.7 Å². The lowest BCUT2D eigenvalue weighted by Gasteiger charge is -2.25. The third kappa shape index (κ3) is 5.76. The number of thiophene rings is 5. The van der Waals surface area contributed by atoms with E-state index >= 15 is 26.3 Å². The summed E-state index contributed by atoms with van der Waals surface area (Å²) < 4.78 is 94.8. The molecule has 2 N–H and O–H groups in total. The van der Waals surface area contributed by atoms with Gasteiger partial charge in [0, 0.05) is 55.7 Å². The van der Waals surface area contributed by atoms with E-state index in [4.69, 9.17) is 0 Å². The molecule has 0 saturated heterocycles. The summed E-state index contributed by atoms with van der Waals surface area (Å²) in [7, 11) is 0. The summed E-state index contributed by atoms with van der Waals surface area (Å²) in [6, 6.07) is 12.8. The van der Waals surface area contributed by atoms with Crippen molar-refractivity contribution in [3.8, 4) is 29.3 Å². The Bertz CT molecular complexity index is 2030. The van der Waals surface area contributed by atoms with Crippen molar-refractivity contribution in [3.05, 3.63) is 79.7 Å². The Hall–Kier alpha value is -2.26. The van der Waals surface area contributed by atoms with Crippen LogP contribution in [0.4, 0.5) is 26.3 Å². The third-order valence-corrected chi connectivity index (χ3v) is 15.0. The first-order valence-corrected chi connectivity index (χ1v) is 19.0. The van der Waals surface area contributed by atoms with E-state index in [-0.39, 0.29) is 15.9 Å². The molecule has 0 saturated carbocycles. The lowest BCUT2D eigenvalue weighted by atomic mass is 9.94. The van der Waals surface area contributed by atoms with Gasteiger partial charge < -0.3 is 10.2 Å². The van der Waals surface area contributed by atoms with Gasteiger partial charge in [-0.1, -0.05) is 20.8 Å². The van der Waals surface area contributed by atoms with Crippen molar-refractivity contribution in [2.75, 3.05) is 0 Å². The smallest absolute Gasteiger partial charge is 0.380 e. The topological polar surface area (TPSA) is 40.5 Å². The highest BCUT2D eigenvalue weighted by Gasteiger charge is 2.80. The van der Waals surface area contributed by atoms with E-state index < -0.39 is 45.7 Å². The summed E-state index contributed by atoms with van der Waals surface area (Å²) in [5.41, 5.74) is -6.24. The standard InChI is InChI=1S/C35H32F6O2S5/c1-30(2,3)24-11-10-21(47-24)29-18(15-23(48-29)20-9-13-26(46-20)32(6,7)43)28-27(33(36,37)35(40,41)34(28,38)39)17-14-22(44-16-17)19-8-12-25(45-19)31(4,5)42/h8-16,42-43H,1-7H3. The molecule has 5 aromatic heterocycles. The van der Waals surface area contributed by atoms with Crippen LogP contribution in [-0.4, -0.2) is 28.0 Å². The van der Waals surface area contributed by atoms with E-state index in [9.17, 15) is 10.2 Å². The van der Waals surface area contributed by atoms with Gasteiger partial charge in [0.05, 0.1) is 16.1 Å². The Morgan fingerprint density at radius 2 is 1.02 bits per heavy atom. The van der Waals surface area contributed by atoms with Crippen LogP contribution in [0.25, 0.3) is 40.4 Å². The lowest BCUT2D eigenvalue weighted by molar-refractivity contribution is -0.254. The van der Waals surface area contributed by atoms with Crippen molar-refractivity contribution in [3.63, 3.8) is 0 Å². The van der Waals surface area contributed by atoms with Gasteiger partial charge in [-0.2, -0.15) is 26.3 Å². The van der Waals surface area contributed by atoms with Crippen LogP contribution in [-0.2, 0) is 16.6 Å². The minimum absolute atomic E-state index is 0.188. The molecule has 5 heterocycles. The van der Waals surface area contributed by atoms with Crippen molar-refractivity contribution < 1.29 is 36.6 Å². The molecule has 0 amide bonds. The van der Waals surface area contributed by atoms with E-state index in [0.717, 1.165) is 27.6 Å². The minimum atomic E-state index is -5.70. The fraction of sp³-hybridized carbons (Fsp3) is 0.371. The van der Waals surface area contributed by atoms with Gasteiger partial charge in [0.1, 0.15) is 0 Å². The van der Waals surface area contributed by atoms with Crippen LogP contribution in [0.3, 0.4) is 0 Å². The van der Waals surface area contributed by atoms with E-state index in [1.807, 2.05) is 26.8 Å². The number of halogens is 6. The highest BCUT2D eigenvalue weighted by molar-refractivity contribution is 7.27. The maximum absolute atomic E-state index is 16.1. The highest BCUT2D eigenvalue weighted by atomic mass is 32.1. The Morgan fingerprint density at radius 1 is 0.542 bits per heavy atom. The van der Waals surface area contributed by atoms with Gasteiger partial charge in [0.25, 0.3) is 0 Å². The van der Waals surface area contributed by atoms with Gasteiger partial charge in [-0.3, -0.25) is 0 Å². The van der Waals surface area contributed by atoms with Crippen LogP contribution in [0.5, 0.6) is 0 Å². The Balaban J connectivity index is 1.61. The number of hydrogen-bond acceptors (Lipinski definition) is 7. The van der Waals surface area contributed by atoms with E-state index in [1.165, 1.54) is 51.5 Å². The summed E-state index contributed by atoms with van der Waals surface area (Å²) in [5.74, 6) is -16.1. The van der Waals surface area contributed by atoms with Crippen molar-refractivity contribution in [1.82, 2.24) is 0 Å². The van der Waals surface area contributed by atoms with Crippen LogP contribution in [0.2, 0.25) is 0 Å². The second-order valence-corrected chi connectivity index (χ2v) is 19.1. The predicted octanol–water partition coefficient (Wildman–Crippen LogP) is 12.6. The molecule has 256 valence electrons. The SMILES string of the molecule is CC(C)(C)c1ccc(-c2sc(-c3ccc(C(C)(C)O)s3)cc2C2=C(c3csc(-c4ccc(C(C)(C)O)s4)c3)C(F)(F)C(F)(F)C2(F)F)s1. The molecule has 6 rings (SSSR count). The monoisotopic (exact) mass is 758 g/mol. The second kappa shape index (κ2) is 11.4. The molecule has 2 nitrogen and oxygen atoms in total. The summed E-state index contributed by atoms with van der Waals surface area (Å²) in [5, 5.41) is 22.1. The maximum atomic E-state index is 16.1. The number of allylic oxidation sites excluding steroid dienone is 2. The maximum Gasteiger partial charge on any atom is 0.380 e. The molecule has 0 spiro atoms. The molecule has 1 aliphatic carbocycles. The number of alkyl halides is 6. The first kappa shape index (κ1) is 35.6. The normalized spacial score (nSPS) is 17.9. The number of aliphatic hydroxyl groups is 2. The van der Waals surface area contributed by atoms with Gasteiger partial charge in [0.2, 0.25) is 0 Å². The molecule has 0 aliphatic heterocycles. The van der Waals surface area contributed by atoms with E-state index in [2.05, 4.69) is 0 Å². The summed E-state index contributed by atoms with van der Waals surface area (Å²) >= 11 is 5.76. The molecule has 0 radical (unpaired) electrons. The highest BCUT2D eigenvalue weighted by Crippen LogP contribution is 2.66. The van der Waals surface area contributed by atoms with Crippen LogP contribution in [0.15, 0.2) is 53.9 Å². The Labute approximate surface area is 294 Å². The molecule has 0 aromatic carbocycles. The molecule has 13 heteroatoms. The van der Waals surface area contributed by atoms with Crippen molar-refractivity contribution in [2.24, 2.45) is 0 Å². The van der Waals surface area contributed by atoms with Crippen molar-refractivity contribution >= 4 is 67.8 Å². The molecule has 5 aromatic rings. The Morgan fingerprint density at radius 3 is 1.52 bits per heavy atom. The average molecular weight is 759 g/mol. The number of hydrogen-bond donors (Lipinski definition) is 2. The van der Waals surface area contributed by atoms with Crippen molar-refractivity contribution in [2.45, 2.75) is 82.9 Å². The summed E-state index contributed by atoms with van der Waals surface area (Å²) in [6.07, 6.45) is 0. The summed E-state index contributed by atoms with van der Waals surface area (Å²) in [6.45, 7) is 12.3. The number of rotatable bonds is 7. The lowest BCUT2D eigenvalue weighted by Crippen LogP contribution is -2.48. The Kier molecular flexibility index (Phi) is 8.43. The molecule has 1 aliphatic rings. The zero-order chi connectivity index (χ0) is 35.4. The molecule has 0 bridgehead atoms. The zero-order valence-electron chi connectivity index (χ0n) is 26.9.